The topological polar surface area (TPSA) is 98.8 Å². The van der Waals surface area contributed by atoms with Crippen LogP contribution in [-0.2, 0) is 24.3 Å². The standard InChI is InChI=1S/C13H17NO6S/c1-4-20-13(16)10-5-7-11(8-6-10)14-21(17,18)9(2)12(15)19-3/h5-9,14H,4H2,1-3H3. The van der Waals surface area contributed by atoms with Crippen molar-refractivity contribution in [2.45, 2.75) is 19.1 Å². The third kappa shape index (κ3) is 4.45. The quantitative estimate of drug-likeness (QED) is 0.791. The van der Waals surface area contributed by atoms with Gasteiger partial charge in [0, 0.05) is 5.69 Å². The Morgan fingerprint density at radius 1 is 1.24 bits per heavy atom. The zero-order valence-corrected chi connectivity index (χ0v) is 12.8. The van der Waals surface area contributed by atoms with E-state index in [1.807, 2.05) is 0 Å². The molecule has 1 N–H and O–H groups in total. The second-order valence-corrected chi connectivity index (χ2v) is 6.11. The van der Waals surface area contributed by atoms with E-state index in [1.165, 1.54) is 31.2 Å². The Kier molecular flexibility index (Phi) is 5.71. The predicted octanol–water partition coefficient (Wildman–Crippen LogP) is 1.17. The molecule has 1 rings (SSSR count). The van der Waals surface area contributed by atoms with E-state index in [2.05, 4.69) is 9.46 Å². The number of benzene rings is 1. The van der Waals surface area contributed by atoms with Crippen molar-refractivity contribution >= 4 is 27.6 Å². The molecule has 0 spiro atoms. The molecule has 0 bridgehead atoms. The molecule has 0 aliphatic heterocycles. The van der Waals surface area contributed by atoms with Gasteiger partial charge in [0.25, 0.3) is 0 Å². The summed E-state index contributed by atoms with van der Waals surface area (Å²) in [4.78, 5) is 22.7. The first-order valence-corrected chi connectivity index (χ1v) is 7.73. The number of nitrogens with one attached hydrogen (secondary N) is 1. The molecule has 0 heterocycles. The van der Waals surface area contributed by atoms with Crippen LogP contribution in [0.25, 0.3) is 0 Å². The molecule has 8 heteroatoms. The number of hydrogen-bond donors (Lipinski definition) is 1. The lowest BCUT2D eigenvalue weighted by atomic mass is 10.2. The van der Waals surface area contributed by atoms with Crippen molar-refractivity contribution in [1.82, 2.24) is 0 Å². The van der Waals surface area contributed by atoms with Crippen LogP contribution in [0, 0.1) is 0 Å². The van der Waals surface area contributed by atoms with Gasteiger partial charge in [0.2, 0.25) is 10.0 Å². The molecular formula is C13H17NO6S. The molecule has 0 saturated carbocycles. The molecule has 7 nitrogen and oxygen atoms in total. The number of sulfonamides is 1. The fourth-order valence-corrected chi connectivity index (χ4v) is 2.43. The van der Waals surface area contributed by atoms with E-state index in [4.69, 9.17) is 4.74 Å². The summed E-state index contributed by atoms with van der Waals surface area (Å²) in [7, 11) is -2.80. The van der Waals surface area contributed by atoms with Gasteiger partial charge in [-0.15, -0.1) is 0 Å². The molecule has 0 aliphatic rings. The second kappa shape index (κ2) is 7.07. The van der Waals surface area contributed by atoms with Gasteiger partial charge >= 0.3 is 11.9 Å². The number of carbonyl (C=O) groups excluding carboxylic acids is 2. The molecule has 0 saturated heterocycles. The van der Waals surface area contributed by atoms with Gasteiger partial charge < -0.3 is 9.47 Å². The van der Waals surface area contributed by atoms with E-state index in [9.17, 15) is 18.0 Å². The van der Waals surface area contributed by atoms with Crippen LogP contribution in [0.5, 0.6) is 0 Å². The minimum Gasteiger partial charge on any atom is -0.468 e. The highest BCUT2D eigenvalue weighted by molar-refractivity contribution is 7.94. The molecule has 0 amide bonds. The van der Waals surface area contributed by atoms with E-state index < -0.39 is 27.2 Å². The molecule has 0 aliphatic carbocycles. The largest absolute Gasteiger partial charge is 0.468 e. The average Bonchev–Trinajstić information content (AvgIpc) is 2.46. The molecule has 116 valence electrons. The number of anilines is 1. The summed E-state index contributed by atoms with van der Waals surface area (Å²) < 4.78 is 35.3. The summed E-state index contributed by atoms with van der Waals surface area (Å²) >= 11 is 0. The molecule has 1 unspecified atom stereocenters. The Labute approximate surface area is 123 Å². The van der Waals surface area contributed by atoms with Crippen molar-refractivity contribution in [2.24, 2.45) is 0 Å². The fraction of sp³-hybridized carbons (Fsp3) is 0.385. The van der Waals surface area contributed by atoms with Crippen LogP contribution in [0.4, 0.5) is 5.69 Å². The number of esters is 2. The summed E-state index contributed by atoms with van der Waals surface area (Å²) in [5.41, 5.74) is 0.541. The highest BCUT2D eigenvalue weighted by atomic mass is 32.2. The summed E-state index contributed by atoms with van der Waals surface area (Å²) in [6, 6.07) is 5.68. The van der Waals surface area contributed by atoms with Crippen LogP contribution in [0.3, 0.4) is 0 Å². The molecule has 0 fully saturated rings. The van der Waals surface area contributed by atoms with E-state index in [1.54, 1.807) is 6.92 Å². The van der Waals surface area contributed by atoms with Gasteiger partial charge in [-0.2, -0.15) is 0 Å². The third-order valence-corrected chi connectivity index (χ3v) is 4.30. The van der Waals surface area contributed by atoms with Crippen molar-refractivity contribution in [3.8, 4) is 0 Å². The third-order valence-electron chi connectivity index (χ3n) is 2.65. The summed E-state index contributed by atoms with van der Waals surface area (Å²) in [5.74, 6) is -1.35. The van der Waals surface area contributed by atoms with E-state index >= 15 is 0 Å². The van der Waals surface area contributed by atoms with Crippen LogP contribution in [0.2, 0.25) is 0 Å². The van der Waals surface area contributed by atoms with Crippen molar-refractivity contribution in [1.29, 1.82) is 0 Å². The Morgan fingerprint density at radius 2 is 1.81 bits per heavy atom. The van der Waals surface area contributed by atoms with Crippen molar-refractivity contribution in [3.63, 3.8) is 0 Å². The van der Waals surface area contributed by atoms with Gasteiger partial charge in [-0.05, 0) is 38.1 Å². The zero-order valence-electron chi connectivity index (χ0n) is 12.0. The number of hydrogen-bond acceptors (Lipinski definition) is 6. The predicted molar refractivity (Wildman–Crippen MR) is 76.4 cm³/mol. The van der Waals surface area contributed by atoms with E-state index in [0.29, 0.717) is 5.56 Å². The lowest BCUT2D eigenvalue weighted by Gasteiger charge is -2.13. The van der Waals surface area contributed by atoms with Crippen molar-refractivity contribution in [2.75, 3.05) is 18.4 Å². The molecule has 1 atom stereocenters. The smallest absolute Gasteiger partial charge is 0.338 e. The Balaban J connectivity index is 2.84. The zero-order chi connectivity index (χ0) is 16.0. The molecule has 1 aromatic carbocycles. The highest BCUT2D eigenvalue weighted by Gasteiger charge is 2.28. The number of carbonyl (C=O) groups is 2. The van der Waals surface area contributed by atoms with Crippen molar-refractivity contribution < 1.29 is 27.5 Å². The fourth-order valence-electron chi connectivity index (χ4n) is 1.43. The first-order valence-electron chi connectivity index (χ1n) is 6.18. The maximum Gasteiger partial charge on any atom is 0.338 e. The lowest BCUT2D eigenvalue weighted by Crippen LogP contribution is -2.33. The Morgan fingerprint density at radius 3 is 2.29 bits per heavy atom. The van der Waals surface area contributed by atoms with Crippen LogP contribution >= 0.6 is 0 Å². The van der Waals surface area contributed by atoms with Gasteiger partial charge in [-0.3, -0.25) is 9.52 Å². The molecule has 0 aromatic heterocycles. The first kappa shape index (κ1) is 17.0. The van der Waals surface area contributed by atoms with Gasteiger partial charge in [0.1, 0.15) is 0 Å². The second-order valence-electron chi connectivity index (χ2n) is 4.11. The average molecular weight is 315 g/mol. The minimum atomic E-state index is -3.91. The summed E-state index contributed by atoms with van der Waals surface area (Å²) in [6.45, 7) is 3.17. The lowest BCUT2D eigenvalue weighted by molar-refractivity contribution is -0.139. The summed E-state index contributed by atoms with van der Waals surface area (Å²) in [5, 5.41) is -1.34. The van der Waals surface area contributed by atoms with E-state index in [0.717, 1.165) is 7.11 Å². The number of methoxy groups -OCH3 is 1. The van der Waals surface area contributed by atoms with Crippen LogP contribution in [0.1, 0.15) is 24.2 Å². The normalized spacial score (nSPS) is 12.3. The number of ether oxygens (including phenoxy) is 2. The maximum atomic E-state index is 11.9. The first-order chi connectivity index (χ1) is 9.81. The van der Waals surface area contributed by atoms with E-state index in [-0.39, 0.29) is 12.3 Å². The van der Waals surface area contributed by atoms with Gasteiger partial charge in [-0.1, -0.05) is 0 Å². The molecule has 0 radical (unpaired) electrons. The van der Waals surface area contributed by atoms with Crippen LogP contribution in [0.15, 0.2) is 24.3 Å². The molecular weight excluding hydrogens is 298 g/mol. The maximum absolute atomic E-state index is 11.9. The van der Waals surface area contributed by atoms with Crippen molar-refractivity contribution in [3.05, 3.63) is 29.8 Å². The van der Waals surface area contributed by atoms with Crippen LogP contribution in [-0.4, -0.2) is 39.3 Å². The molecule has 1 aromatic rings. The van der Waals surface area contributed by atoms with Gasteiger partial charge in [-0.25, -0.2) is 13.2 Å². The SMILES string of the molecule is CCOC(=O)c1ccc(NS(=O)(=O)C(C)C(=O)OC)cc1. The van der Waals surface area contributed by atoms with Crippen LogP contribution < -0.4 is 4.72 Å². The Hall–Kier alpha value is -2.09. The minimum absolute atomic E-state index is 0.235. The molecule has 21 heavy (non-hydrogen) atoms. The summed E-state index contributed by atoms with van der Waals surface area (Å²) in [6.07, 6.45) is 0. The highest BCUT2D eigenvalue weighted by Crippen LogP contribution is 2.14. The number of rotatable bonds is 6. The Bertz CT molecular complexity index is 608. The van der Waals surface area contributed by atoms with Gasteiger partial charge in [0.15, 0.2) is 5.25 Å². The van der Waals surface area contributed by atoms with Gasteiger partial charge in [0.05, 0.1) is 19.3 Å². The monoisotopic (exact) mass is 315 g/mol.